The van der Waals surface area contributed by atoms with Crippen molar-refractivity contribution < 1.29 is 0 Å². The van der Waals surface area contributed by atoms with E-state index in [9.17, 15) is 0 Å². The Morgan fingerprint density at radius 3 is 3.21 bits per heavy atom. The number of aromatic nitrogens is 3. The van der Waals surface area contributed by atoms with Crippen LogP contribution in [0.15, 0.2) is 18.5 Å². The third-order valence-electron chi connectivity index (χ3n) is 2.35. The zero-order chi connectivity index (χ0) is 9.80. The summed E-state index contributed by atoms with van der Waals surface area (Å²) in [4.78, 5) is 2.35. The molecular weight excluding hydrogens is 196 g/mol. The van der Waals surface area contributed by atoms with Gasteiger partial charge in [0.05, 0.1) is 6.54 Å². The average molecular weight is 210 g/mol. The predicted octanol–water partition coefficient (Wildman–Crippen LogP) is 0.580. The number of hydrogen-bond donors (Lipinski definition) is 1. The van der Waals surface area contributed by atoms with Crippen LogP contribution >= 0.6 is 12.6 Å². The highest BCUT2D eigenvalue weighted by atomic mass is 32.1. The van der Waals surface area contributed by atoms with Gasteiger partial charge < -0.3 is 4.57 Å². The van der Waals surface area contributed by atoms with Crippen molar-refractivity contribution in [2.45, 2.75) is 13.1 Å². The molecule has 0 saturated carbocycles. The van der Waals surface area contributed by atoms with Crippen LogP contribution in [0.4, 0.5) is 0 Å². The van der Waals surface area contributed by atoms with Gasteiger partial charge in [0.1, 0.15) is 12.2 Å². The van der Waals surface area contributed by atoms with Gasteiger partial charge in [0.25, 0.3) is 0 Å². The molecule has 0 bridgehead atoms. The molecule has 2 rings (SSSR count). The van der Waals surface area contributed by atoms with Crippen molar-refractivity contribution in [3.05, 3.63) is 24.3 Å². The molecule has 0 aromatic carbocycles. The lowest BCUT2D eigenvalue weighted by atomic mass is 10.3. The van der Waals surface area contributed by atoms with Gasteiger partial charge in [0.2, 0.25) is 0 Å². The van der Waals surface area contributed by atoms with Crippen LogP contribution in [0.3, 0.4) is 0 Å². The molecule has 5 heteroatoms. The molecule has 1 aliphatic rings. The van der Waals surface area contributed by atoms with Crippen molar-refractivity contribution in [1.82, 2.24) is 19.7 Å². The summed E-state index contributed by atoms with van der Waals surface area (Å²) in [5.74, 6) is 1.87. The highest BCUT2D eigenvalue weighted by Gasteiger charge is 2.15. The maximum Gasteiger partial charge on any atom is 0.147 e. The van der Waals surface area contributed by atoms with Gasteiger partial charge in [0, 0.05) is 25.4 Å². The Kier molecular flexibility index (Phi) is 3.21. The van der Waals surface area contributed by atoms with Gasteiger partial charge >= 0.3 is 0 Å². The Bertz CT molecular complexity index is 320. The van der Waals surface area contributed by atoms with E-state index in [0.29, 0.717) is 0 Å². The lowest BCUT2D eigenvalue weighted by Crippen LogP contribution is -2.33. The smallest absolute Gasteiger partial charge is 0.147 e. The fraction of sp³-hybridized carbons (Fsp3) is 0.556. The van der Waals surface area contributed by atoms with Gasteiger partial charge in [-0.15, -0.1) is 10.2 Å². The average Bonchev–Trinajstić information content (AvgIpc) is 2.65. The van der Waals surface area contributed by atoms with Crippen LogP contribution in [0.5, 0.6) is 0 Å². The lowest BCUT2D eigenvalue weighted by Gasteiger charge is -2.25. The van der Waals surface area contributed by atoms with Crippen molar-refractivity contribution in [3.63, 3.8) is 0 Å². The van der Waals surface area contributed by atoms with Crippen LogP contribution in [-0.4, -0.2) is 38.5 Å². The molecule has 0 radical (unpaired) electrons. The van der Waals surface area contributed by atoms with E-state index in [4.69, 9.17) is 0 Å². The fourth-order valence-electron chi connectivity index (χ4n) is 1.57. The zero-order valence-electron chi connectivity index (χ0n) is 8.00. The monoisotopic (exact) mass is 210 g/mol. The summed E-state index contributed by atoms with van der Waals surface area (Å²) in [5, 5.41) is 7.96. The van der Waals surface area contributed by atoms with Crippen molar-refractivity contribution in [1.29, 1.82) is 0 Å². The summed E-state index contributed by atoms with van der Waals surface area (Å²) in [6.45, 7) is 3.95. The van der Waals surface area contributed by atoms with Crippen LogP contribution < -0.4 is 0 Å². The number of rotatable bonds is 3. The molecule has 1 aromatic rings. The van der Waals surface area contributed by atoms with Crippen molar-refractivity contribution in [2.75, 3.05) is 18.8 Å². The van der Waals surface area contributed by atoms with Crippen LogP contribution in [0.25, 0.3) is 0 Å². The first-order valence-corrected chi connectivity index (χ1v) is 5.38. The highest BCUT2D eigenvalue weighted by Crippen LogP contribution is 2.08. The third kappa shape index (κ3) is 2.16. The standard InChI is InChI=1S/C9H14N4S/c14-6-2-1-3-12-4-5-13-8-10-11-9(13)7-12/h1-2,8,14H,3-7H2. The van der Waals surface area contributed by atoms with Crippen LogP contribution in [0.2, 0.25) is 0 Å². The minimum Gasteiger partial charge on any atom is -0.315 e. The summed E-state index contributed by atoms with van der Waals surface area (Å²) in [7, 11) is 0. The lowest BCUT2D eigenvalue weighted by molar-refractivity contribution is 0.239. The molecule has 0 N–H and O–H groups in total. The molecule has 2 heterocycles. The summed E-state index contributed by atoms with van der Waals surface area (Å²) in [6, 6.07) is 0. The van der Waals surface area contributed by atoms with E-state index >= 15 is 0 Å². The fourth-order valence-corrected chi connectivity index (χ4v) is 1.72. The minimum absolute atomic E-state index is 0.810. The molecule has 0 atom stereocenters. The molecule has 14 heavy (non-hydrogen) atoms. The molecule has 76 valence electrons. The molecule has 4 nitrogen and oxygen atoms in total. The third-order valence-corrected chi connectivity index (χ3v) is 2.56. The van der Waals surface area contributed by atoms with Crippen LogP contribution in [-0.2, 0) is 13.1 Å². The SMILES string of the molecule is SCC=CCN1CCn2cnnc2C1. The molecular formula is C9H14N4S. The molecule has 0 unspecified atom stereocenters. The van der Waals surface area contributed by atoms with Gasteiger partial charge in [-0.05, 0) is 0 Å². The van der Waals surface area contributed by atoms with E-state index in [0.717, 1.165) is 37.8 Å². The molecule has 1 aromatic heterocycles. The first-order chi connectivity index (χ1) is 6.90. The Morgan fingerprint density at radius 2 is 2.36 bits per heavy atom. The van der Waals surface area contributed by atoms with Crippen LogP contribution in [0, 0.1) is 0 Å². The molecule has 0 amide bonds. The maximum atomic E-state index is 4.12. The molecule has 0 aliphatic carbocycles. The molecule has 1 aliphatic heterocycles. The van der Waals surface area contributed by atoms with Gasteiger partial charge in [-0.1, -0.05) is 12.2 Å². The van der Waals surface area contributed by atoms with Gasteiger partial charge in [-0.2, -0.15) is 12.6 Å². The normalized spacial score (nSPS) is 17.5. The predicted molar refractivity (Wildman–Crippen MR) is 58.3 cm³/mol. The Hall–Kier alpha value is -0.810. The number of fused-ring (bicyclic) bond motifs is 1. The van der Waals surface area contributed by atoms with E-state index in [2.05, 4.69) is 44.4 Å². The van der Waals surface area contributed by atoms with E-state index in [1.807, 2.05) is 0 Å². The van der Waals surface area contributed by atoms with E-state index in [1.165, 1.54) is 0 Å². The van der Waals surface area contributed by atoms with E-state index in [-0.39, 0.29) is 0 Å². The highest BCUT2D eigenvalue weighted by molar-refractivity contribution is 7.80. The quantitative estimate of drug-likeness (QED) is 0.585. The van der Waals surface area contributed by atoms with Crippen LogP contribution in [0.1, 0.15) is 5.82 Å². The largest absolute Gasteiger partial charge is 0.315 e. The van der Waals surface area contributed by atoms with Crippen molar-refractivity contribution >= 4 is 12.6 Å². The number of nitrogens with zero attached hydrogens (tertiary/aromatic N) is 4. The molecule has 0 spiro atoms. The molecule has 0 saturated heterocycles. The Morgan fingerprint density at radius 1 is 1.43 bits per heavy atom. The van der Waals surface area contributed by atoms with Gasteiger partial charge in [0.15, 0.2) is 0 Å². The Labute approximate surface area is 89.0 Å². The van der Waals surface area contributed by atoms with Gasteiger partial charge in [-0.25, -0.2) is 0 Å². The second-order valence-corrected chi connectivity index (χ2v) is 3.69. The topological polar surface area (TPSA) is 34.0 Å². The van der Waals surface area contributed by atoms with Crippen molar-refractivity contribution in [3.8, 4) is 0 Å². The first-order valence-electron chi connectivity index (χ1n) is 4.75. The zero-order valence-corrected chi connectivity index (χ0v) is 8.90. The second-order valence-electron chi connectivity index (χ2n) is 3.33. The summed E-state index contributed by atoms with van der Waals surface area (Å²) >= 11 is 4.12. The second kappa shape index (κ2) is 4.61. The summed E-state index contributed by atoms with van der Waals surface area (Å²) in [5.41, 5.74) is 0. The summed E-state index contributed by atoms with van der Waals surface area (Å²) in [6.07, 6.45) is 6.03. The number of thiol groups is 1. The maximum absolute atomic E-state index is 4.12. The number of hydrogen-bond acceptors (Lipinski definition) is 4. The summed E-state index contributed by atoms with van der Waals surface area (Å²) < 4.78 is 2.11. The van der Waals surface area contributed by atoms with E-state index in [1.54, 1.807) is 6.33 Å². The van der Waals surface area contributed by atoms with Gasteiger partial charge in [-0.3, -0.25) is 4.90 Å². The molecule has 0 fully saturated rings. The Balaban J connectivity index is 1.91. The first kappa shape index (κ1) is 9.73. The minimum atomic E-state index is 0.810. The van der Waals surface area contributed by atoms with E-state index < -0.39 is 0 Å². The van der Waals surface area contributed by atoms with Crippen molar-refractivity contribution in [2.24, 2.45) is 0 Å².